The molecule has 1 N–H and O–H groups in total. The lowest BCUT2D eigenvalue weighted by molar-refractivity contribution is 0.0339. The van der Waals surface area contributed by atoms with E-state index in [9.17, 15) is 0 Å². The Hall–Kier alpha value is -2.08. The molecule has 5 nitrogen and oxygen atoms in total. The number of benzene rings is 2. The van der Waals surface area contributed by atoms with Gasteiger partial charge in [-0.2, -0.15) is 0 Å². The summed E-state index contributed by atoms with van der Waals surface area (Å²) in [4.78, 5) is 2.43. The van der Waals surface area contributed by atoms with E-state index in [-0.39, 0.29) is 5.54 Å². The zero-order chi connectivity index (χ0) is 19.4. The average molecular weight is 383 g/mol. The van der Waals surface area contributed by atoms with Crippen molar-refractivity contribution in [1.82, 2.24) is 10.2 Å². The Morgan fingerprint density at radius 2 is 1.75 bits per heavy atom. The minimum Gasteiger partial charge on any atom is -0.497 e. The molecule has 0 radical (unpaired) electrons. The lowest BCUT2D eigenvalue weighted by Crippen LogP contribution is -2.35. The first-order chi connectivity index (χ1) is 13.7. The van der Waals surface area contributed by atoms with Gasteiger partial charge in [0.2, 0.25) is 0 Å². The molecule has 1 heterocycles. The molecular weight excluding hydrogens is 352 g/mol. The third kappa shape index (κ3) is 4.32. The Balaban J connectivity index is 1.43. The van der Waals surface area contributed by atoms with E-state index < -0.39 is 0 Å². The second kappa shape index (κ2) is 8.52. The molecule has 0 unspecified atom stereocenters. The first-order valence-corrected chi connectivity index (χ1v) is 10.1. The summed E-state index contributed by atoms with van der Waals surface area (Å²) in [5, 5.41) is 3.79. The van der Waals surface area contributed by atoms with Crippen molar-refractivity contribution in [1.29, 1.82) is 0 Å². The Morgan fingerprint density at radius 1 is 1.00 bits per heavy atom. The van der Waals surface area contributed by atoms with Gasteiger partial charge in [-0.15, -0.1) is 0 Å². The van der Waals surface area contributed by atoms with E-state index in [4.69, 9.17) is 14.2 Å². The van der Waals surface area contributed by atoms with Gasteiger partial charge in [0.1, 0.15) is 11.5 Å². The molecule has 1 aliphatic heterocycles. The number of hydrogen-bond acceptors (Lipinski definition) is 5. The molecule has 0 spiro atoms. The number of methoxy groups -OCH3 is 2. The van der Waals surface area contributed by atoms with Gasteiger partial charge in [-0.1, -0.05) is 18.2 Å². The molecule has 1 saturated heterocycles. The molecular formula is C23H30N2O3. The van der Waals surface area contributed by atoms with Crippen LogP contribution in [-0.2, 0) is 23.4 Å². The van der Waals surface area contributed by atoms with Crippen LogP contribution >= 0.6 is 0 Å². The van der Waals surface area contributed by atoms with Gasteiger partial charge in [0, 0.05) is 37.3 Å². The maximum Gasteiger partial charge on any atom is 0.123 e. The van der Waals surface area contributed by atoms with E-state index in [1.807, 2.05) is 12.1 Å². The van der Waals surface area contributed by atoms with Crippen LogP contribution in [0.15, 0.2) is 42.5 Å². The summed E-state index contributed by atoms with van der Waals surface area (Å²) in [7, 11) is 3.46. The van der Waals surface area contributed by atoms with Crippen molar-refractivity contribution in [3.05, 3.63) is 59.2 Å². The minimum absolute atomic E-state index is 0.108. The first kappa shape index (κ1) is 19.2. The SMILES string of the molecule is COc1ccc(C2(NCc3ccc(OC)c(CN4CCOCC4)c3)CC2)cc1. The van der Waals surface area contributed by atoms with Gasteiger partial charge in [0.15, 0.2) is 0 Å². The highest BCUT2D eigenvalue weighted by molar-refractivity contribution is 5.39. The first-order valence-electron chi connectivity index (χ1n) is 10.1. The fourth-order valence-corrected chi connectivity index (χ4v) is 3.94. The van der Waals surface area contributed by atoms with Crippen molar-refractivity contribution in [2.75, 3.05) is 40.5 Å². The number of rotatable bonds is 8. The average Bonchev–Trinajstić information content (AvgIpc) is 3.54. The minimum atomic E-state index is 0.108. The highest BCUT2D eigenvalue weighted by Gasteiger charge is 2.43. The Bertz CT molecular complexity index is 781. The fraction of sp³-hybridized carbons (Fsp3) is 0.478. The zero-order valence-corrected chi connectivity index (χ0v) is 16.9. The highest BCUT2D eigenvalue weighted by atomic mass is 16.5. The Kier molecular flexibility index (Phi) is 5.85. The normalized spacial score (nSPS) is 18.6. The monoisotopic (exact) mass is 382 g/mol. The van der Waals surface area contributed by atoms with Crippen LogP contribution in [0, 0.1) is 0 Å². The van der Waals surface area contributed by atoms with Crippen molar-refractivity contribution in [3.63, 3.8) is 0 Å². The third-order valence-corrected chi connectivity index (χ3v) is 5.87. The summed E-state index contributed by atoms with van der Waals surface area (Å²) < 4.78 is 16.4. The molecule has 0 amide bonds. The molecule has 2 fully saturated rings. The topological polar surface area (TPSA) is 43.0 Å². The molecule has 0 atom stereocenters. The van der Waals surface area contributed by atoms with Crippen molar-refractivity contribution < 1.29 is 14.2 Å². The van der Waals surface area contributed by atoms with E-state index in [0.29, 0.717) is 0 Å². The van der Waals surface area contributed by atoms with E-state index in [0.717, 1.165) is 50.9 Å². The van der Waals surface area contributed by atoms with Crippen LogP contribution < -0.4 is 14.8 Å². The highest BCUT2D eigenvalue weighted by Crippen LogP contribution is 2.46. The number of ether oxygens (including phenoxy) is 3. The number of morpholine rings is 1. The predicted octanol–water partition coefficient (Wildman–Crippen LogP) is 3.31. The van der Waals surface area contributed by atoms with Crippen molar-refractivity contribution in [2.24, 2.45) is 0 Å². The molecule has 150 valence electrons. The van der Waals surface area contributed by atoms with Gasteiger partial charge >= 0.3 is 0 Å². The number of hydrogen-bond donors (Lipinski definition) is 1. The molecule has 4 rings (SSSR count). The molecule has 1 aliphatic carbocycles. The van der Waals surface area contributed by atoms with E-state index in [1.165, 1.54) is 29.5 Å². The molecule has 2 aromatic rings. The van der Waals surface area contributed by atoms with Crippen LogP contribution in [0.4, 0.5) is 0 Å². The second-order valence-corrected chi connectivity index (χ2v) is 7.70. The van der Waals surface area contributed by atoms with Gasteiger partial charge in [-0.3, -0.25) is 4.90 Å². The number of nitrogens with zero attached hydrogens (tertiary/aromatic N) is 1. The van der Waals surface area contributed by atoms with Crippen molar-refractivity contribution in [3.8, 4) is 11.5 Å². The van der Waals surface area contributed by atoms with E-state index in [2.05, 4.69) is 40.5 Å². The van der Waals surface area contributed by atoms with Gasteiger partial charge in [-0.25, -0.2) is 0 Å². The molecule has 5 heteroatoms. The fourth-order valence-electron chi connectivity index (χ4n) is 3.94. The molecule has 28 heavy (non-hydrogen) atoms. The summed E-state index contributed by atoms with van der Waals surface area (Å²) in [6.07, 6.45) is 2.35. The van der Waals surface area contributed by atoms with Gasteiger partial charge in [-0.05, 0) is 48.2 Å². The maximum atomic E-state index is 5.60. The van der Waals surface area contributed by atoms with Crippen molar-refractivity contribution >= 4 is 0 Å². The molecule has 0 bridgehead atoms. The lowest BCUT2D eigenvalue weighted by Gasteiger charge is -2.27. The standard InChI is InChI=1S/C23H30N2O3/c1-26-21-6-4-20(5-7-21)23(9-10-23)24-16-18-3-8-22(27-2)19(15-18)17-25-11-13-28-14-12-25/h3-8,15,24H,9-14,16-17H2,1-2H3. The van der Waals surface area contributed by atoms with Gasteiger partial charge in [0.25, 0.3) is 0 Å². The van der Waals surface area contributed by atoms with Crippen LogP contribution in [-0.4, -0.2) is 45.4 Å². The maximum absolute atomic E-state index is 5.60. The smallest absolute Gasteiger partial charge is 0.123 e. The number of nitrogens with one attached hydrogen (secondary N) is 1. The summed E-state index contributed by atoms with van der Waals surface area (Å²) >= 11 is 0. The molecule has 2 aromatic carbocycles. The largest absolute Gasteiger partial charge is 0.497 e. The van der Waals surface area contributed by atoms with Gasteiger partial charge < -0.3 is 19.5 Å². The van der Waals surface area contributed by atoms with Crippen LogP contribution in [0.5, 0.6) is 11.5 Å². The zero-order valence-electron chi connectivity index (χ0n) is 16.9. The summed E-state index contributed by atoms with van der Waals surface area (Å²) in [5.41, 5.74) is 3.99. The molecule has 0 aromatic heterocycles. The van der Waals surface area contributed by atoms with Crippen LogP contribution in [0.1, 0.15) is 29.5 Å². The van der Waals surface area contributed by atoms with Crippen LogP contribution in [0.3, 0.4) is 0 Å². The van der Waals surface area contributed by atoms with Gasteiger partial charge in [0.05, 0.1) is 27.4 Å². The summed E-state index contributed by atoms with van der Waals surface area (Å²) in [6, 6.07) is 15.0. The third-order valence-electron chi connectivity index (χ3n) is 5.87. The van der Waals surface area contributed by atoms with E-state index in [1.54, 1.807) is 14.2 Å². The van der Waals surface area contributed by atoms with Crippen molar-refractivity contribution in [2.45, 2.75) is 31.5 Å². The van der Waals surface area contributed by atoms with Crippen LogP contribution in [0.25, 0.3) is 0 Å². The second-order valence-electron chi connectivity index (χ2n) is 7.70. The Morgan fingerprint density at radius 3 is 2.39 bits per heavy atom. The van der Waals surface area contributed by atoms with Crippen LogP contribution in [0.2, 0.25) is 0 Å². The quantitative estimate of drug-likeness (QED) is 0.759. The molecule has 2 aliphatic rings. The predicted molar refractivity (Wildman–Crippen MR) is 110 cm³/mol. The summed E-state index contributed by atoms with van der Waals surface area (Å²) in [5.74, 6) is 1.87. The lowest BCUT2D eigenvalue weighted by atomic mass is 10.0. The summed E-state index contributed by atoms with van der Waals surface area (Å²) in [6.45, 7) is 5.34. The van der Waals surface area contributed by atoms with E-state index >= 15 is 0 Å². The molecule has 1 saturated carbocycles. The Labute approximate surface area is 167 Å².